The second-order valence-corrected chi connectivity index (χ2v) is 7.58. The van der Waals surface area contributed by atoms with Crippen LogP contribution in [0.3, 0.4) is 0 Å². The van der Waals surface area contributed by atoms with Gasteiger partial charge in [-0.15, -0.1) is 22.7 Å². The lowest BCUT2D eigenvalue weighted by Gasteiger charge is -2.06. The second kappa shape index (κ2) is 6.04. The molecule has 0 spiro atoms. The minimum absolute atomic E-state index is 1.21. The first-order valence-corrected chi connectivity index (χ1v) is 8.88. The van der Waals surface area contributed by atoms with E-state index in [0.29, 0.717) is 0 Å². The standard InChI is InChI=1S/C16H15NS3/c1-11-6-3-4-7-14(11)20-17-13-10-16(19-12(13)2)15-8-5-9-18-15/h3-10,17H,1-2H3. The van der Waals surface area contributed by atoms with Crippen molar-refractivity contribution in [2.75, 3.05) is 4.72 Å². The summed E-state index contributed by atoms with van der Waals surface area (Å²) in [6, 6.07) is 15.0. The molecule has 3 aromatic rings. The summed E-state index contributed by atoms with van der Waals surface area (Å²) in [7, 11) is 0. The van der Waals surface area contributed by atoms with Crippen molar-refractivity contribution in [3.63, 3.8) is 0 Å². The third-order valence-electron chi connectivity index (χ3n) is 3.05. The largest absolute Gasteiger partial charge is 0.325 e. The molecule has 20 heavy (non-hydrogen) atoms. The van der Waals surface area contributed by atoms with E-state index in [-0.39, 0.29) is 0 Å². The molecule has 2 aromatic heterocycles. The van der Waals surface area contributed by atoms with Crippen LogP contribution in [0.5, 0.6) is 0 Å². The number of anilines is 1. The van der Waals surface area contributed by atoms with Crippen molar-refractivity contribution in [1.29, 1.82) is 0 Å². The van der Waals surface area contributed by atoms with Gasteiger partial charge in [-0.25, -0.2) is 0 Å². The van der Waals surface area contributed by atoms with Crippen LogP contribution in [0.25, 0.3) is 9.75 Å². The van der Waals surface area contributed by atoms with Crippen molar-refractivity contribution in [2.45, 2.75) is 18.7 Å². The number of aryl methyl sites for hydroxylation is 2. The maximum atomic E-state index is 3.48. The zero-order chi connectivity index (χ0) is 13.9. The fourth-order valence-corrected chi connectivity index (χ4v) is 4.58. The summed E-state index contributed by atoms with van der Waals surface area (Å²) in [5.41, 5.74) is 2.52. The van der Waals surface area contributed by atoms with Crippen LogP contribution in [-0.4, -0.2) is 0 Å². The zero-order valence-corrected chi connectivity index (χ0v) is 13.8. The molecule has 0 aliphatic rings. The highest BCUT2D eigenvalue weighted by Gasteiger charge is 2.08. The van der Waals surface area contributed by atoms with Gasteiger partial charge in [-0.05, 0) is 54.9 Å². The molecule has 1 aromatic carbocycles. The summed E-state index contributed by atoms with van der Waals surface area (Å²) in [5.74, 6) is 0. The van der Waals surface area contributed by atoms with Gasteiger partial charge in [0.1, 0.15) is 0 Å². The summed E-state index contributed by atoms with van der Waals surface area (Å²) in [5, 5.41) is 2.12. The highest BCUT2D eigenvalue weighted by molar-refractivity contribution is 8.00. The Hall–Kier alpha value is -1.23. The minimum atomic E-state index is 1.21. The van der Waals surface area contributed by atoms with Crippen molar-refractivity contribution in [1.82, 2.24) is 0 Å². The van der Waals surface area contributed by atoms with Gasteiger partial charge in [0.15, 0.2) is 0 Å². The monoisotopic (exact) mass is 317 g/mol. The van der Waals surface area contributed by atoms with Crippen LogP contribution >= 0.6 is 34.6 Å². The van der Waals surface area contributed by atoms with Crippen LogP contribution in [-0.2, 0) is 0 Å². The van der Waals surface area contributed by atoms with E-state index in [4.69, 9.17) is 0 Å². The molecular weight excluding hydrogens is 302 g/mol. The number of benzene rings is 1. The Labute approximate surface area is 131 Å². The van der Waals surface area contributed by atoms with Gasteiger partial charge in [0.05, 0.1) is 5.69 Å². The van der Waals surface area contributed by atoms with Crippen molar-refractivity contribution in [2.24, 2.45) is 0 Å². The number of nitrogens with one attached hydrogen (secondary N) is 1. The highest BCUT2D eigenvalue weighted by Crippen LogP contribution is 2.38. The van der Waals surface area contributed by atoms with E-state index >= 15 is 0 Å². The summed E-state index contributed by atoms with van der Waals surface area (Å²) in [6.45, 7) is 4.31. The molecule has 102 valence electrons. The van der Waals surface area contributed by atoms with Gasteiger partial charge in [0.2, 0.25) is 0 Å². The van der Waals surface area contributed by atoms with Gasteiger partial charge in [0.25, 0.3) is 0 Å². The minimum Gasteiger partial charge on any atom is -0.325 e. The summed E-state index contributed by atoms with van der Waals surface area (Å²) in [4.78, 5) is 5.28. The van der Waals surface area contributed by atoms with Gasteiger partial charge in [-0.3, -0.25) is 0 Å². The Balaban J connectivity index is 1.77. The molecule has 0 radical (unpaired) electrons. The average Bonchev–Trinajstić information content (AvgIpc) is 3.07. The van der Waals surface area contributed by atoms with Gasteiger partial charge in [-0.2, -0.15) is 0 Å². The van der Waals surface area contributed by atoms with Crippen LogP contribution < -0.4 is 4.72 Å². The smallest absolute Gasteiger partial charge is 0.0587 e. The molecular formula is C16H15NS3. The summed E-state index contributed by atoms with van der Waals surface area (Å²) < 4.78 is 3.48. The molecule has 0 unspecified atom stereocenters. The third kappa shape index (κ3) is 2.92. The molecule has 3 rings (SSSR count). The average molecular weight is 318 g/mol. The fourth-order valence-electron chi connectivity index (χ4n) is 1.90. The molecule has 0 amide bonds. The van der Waals surface area contributed by atoms with Crippen LogP contribution in [0.2, 0.25) is 0 Å². The predicted octanol–water partition coefficient (Wildman–Crippen LogP) is 6.21. The molecule has 2 heterocycles. The summed E-state index contributed by atoms with van der Waals surface area (Å²) >= 11 is 5.32. The Bertz CT molecular complexity index is 698. The van der Waals surface area contributed by atoms with Gasteiger partial charge >= 0.3 is 0 Å². The van der Waals surface area contributed by atoms with E-state index in [1.54, 1.807) is 23.3 Å². The van der Waals surface area contributed by atoms with Gasteiger partial charge in [-0.1, -0.05) is 24.3 Å². The predicted molar refractivity (Wildman–Crippen MR) is 93.0 cm³/mol. The number of hydrogen-bond acceptors (Lipinski definition) is 4. The first-order chi connectivity index (χ1) is 9.74. The first kappa shape index (κ1) is 13.7. The van der Waals surface area contributed by atoms with Crippen LogP contribution in [0.1, 0.15) is 10.4 Å². The second-order valence-electron chi connectivity index (χ2n) is 4.53. The molecule has 0 saturated heterocycles. The van der Waals surface area contributed by atoms with Crippen molar-refractivity contribution >= 4 is 40.3 Å². The van der Waals surface area contributed by atoms with E-state index in [1.807, 2.05) is 11.3 Å². The molecule has 0 fully saturated rings. The molecule has 0 aliphatic heterocycles. The Kier molecular flexibility index (Phi) is 4.15. The first-order valence-electron chi connectivity index (χ1n) is 6.37. The highest BCUT2D eigenvalue weighted by atomic mass is 32.2. The van der Waals surface area contributed by atoms with E-state index in [9.17, 15) is 0 Å². The third-order valence-corrected chi connectivity index (χ3v) is 6.16. The topological polar surface area (TPSA) is 12.0 Å². The van der Waals surface area contributed by atoms with E-state index < -0.39 is 0 Å². The lowest BCUT2D eigenvalue weighted by Crippen LogP contribution is -1.87. The van der Waals surface area contributed by atoms with E-state index in [0.717, 1.165) is 0 Å². The quantitative estimate of drug-likeness (QED) is 0.574. The maximum absolute atomic E-state index is 3.48. The van der Waals surface area contributed by atoms with Crippen molar-refractivity contribution < 1.29 is 0 Å². The van der Waals surface area contributed by atoms with Gasteiger partial charge in [0, 0.05) is 19.5 Å². The Morgan fingerprint density at radius 3 is 2.60 bits per heavy atom. The number of thiophene rings is 2. The molecule has 0 saturated carbocycles. The van der Waals surface area contributed by atoms with Crippen LogP contribution in [0.4, 0.5) is 5.69 Å². The van der Waals surface area contributed by atoms with Gasteiger partial charge < -0.3 is 4.72 Å². The molecule has 4 heteroatoms. The Morgan fingerprint density at radius 2 is 1.85 bits per heavy atom. The number of rotatable bonds is 4. The van der Waals surface area contributed by atoms with Crippen LogP contribution in [0.15, 0.2) is 52.7 Å². The Morgan fingerprint density at radius 1 is 1.00 bits per heavy atom. The SMILES string of the molecule is Cc1ccccc1SNc1cc(-c2cccs2)sc1C. The molecule has 0 atom stereocenters. The number of hydrogen-bond donors (Lipinski definition) is 1. The summed E-state index contributed by atoms with van der Waals surface area (Å²) in [6.07, 6.45) is 0. The van der Waals surface area contributed by atoms with Crippen molar-refractivity contribution in [3.8, 4) is 9.75 Å². The molecule has 0 bridgehead atoms. The lowest BCUT2D eigenvalue weighted by molar-refractivity contribution is 1.31. The molecule has 1 nitrogen and oxygen atoms in total. The fraction of sp³-hybridized carbons (Fsp3) is 0.125. The lowest BCUT2D eigenvalue weighted by atomic mass is 10.2. The van der Waals surface area contributed by atoms with Crippen LogP contribution in [0, 0.1) is 13.8 Å². The van der Waals surface area contributed by atoms with Crippen molar-refractivity contribution in [3.05, 3.63) is 58.3 Å². The van der Waals surface area contributed by atoms with E-state index in [1.165, 1.54) is 30.8 Å². The molecule has 1 N–H and O–H groups in total. The van der Waals surface area contributed by atoms with E-state index in [2.05, 4.69) is 66.4 Å². The maximum Gasteiger partial charge on any atom is 0.0587 e. The normalized spacial score (nSPS) is 10.7. The molecule has 0 aliphatic carbocycles. The zero-order valence-electron chi connectivity index (χ0n) is 11.3.